The third-order valence-corrected chi connectivity index (χ3v) is 3.57. The van der Waals surface area contributed by atoms with Crippen molar-refractivity contribution < 1.29 is 9.18 Å². The van der Waals surface area contributed by atoms with E-state index in [4.69, 9.17) is 11.6 Å². The molecule has 0 atom stereocenters. The maximum atomic E-state index is 13.0. The Labute approximate surface area is 112 Å². The van der Waals surface area contributed by atoms with Crippen LogP contribution >= 0.6 is 11.6 Å². The fraction of sp³-hybridized carbons (Fsp3) is 0.400. The number of carbonyl (C=O) groups is 1. The number of benzene rings is 1. The molecule has 0 saturated carbocycles. The predicted molar refractivity (Wildman–Crippen MR) is 71.5 cm³/mol. The van der Waals surface area contributed by atoms with Crippen LogP contribution in [0.25, 0.3) is 0 Å². The molecule has 1 aromatic rings. The topological polar surface area (TPSA) is 17.1 Å². The standard InChI is InChI=1S/C15H16ClFO/c16-14-10-12(17)8-9-13(14)15(18)11-6-4-2-1-3-5-7-11/h6,8-10H,1-5,7H2/b11-6+. The Hall–Kier alpha value is -1.15. The van der Waals surface area contributed by atoms with E-state index in [9.17, 15) is 9.18 Å². The van der Waals surface area contributed by atoms with E-state index in [1.807, 2.05) is 6.08 Å². The molecule has 0 bridgehead atoms. The highest BCUT2D eigenvalue weighted by atomic mass is 35.5. The molecule has 0 saturated heterocycles. The maximum Gasteiger partial charge on any atom is 0.190 e. The molecule has 0 amide bonds. The highest BCUT2D eigenvalue weighted by Gasteiger charge is 2.16. The largest absolute Gasteiger partial charge is 0.289 e. The van der Waals surface area contributed by atoms with E-state index in [-0.39, 0.29) is 10.8 Å². The summed E-state index contributed by atoms with van der Waals surface area (Å²) in [7, 11) is 0. The fourth-order valence-corrected chi connectivity index (χ4v) is 2.50. The van der Waals surface area contributed by atoms with E-state index in [0.29, 0.717) is 5.56 Å². The van der Waals surface area contributed by atoms with Crippen molar-refractivity contribution in [3.8, 4) is 0 Å². The van der Waals surface area contributed by atoms with Gasteiger partial charge in [0, 0.05) is 5.56 Å². The number of hydrogen-bond acceptors (Lipinski definition) is 1. The summed E-state index contributed by atoms with van der Waals surface area (Å²) < 4.78 is 13.0. The van der Waals surface area contributed by atoms with Crippen LogP contribution in [0, 0.1) is 5.82 Å². The van der Waals surface area contributed by atoms with Gasteiger partial charge in [0.05, 0.1) is 5.02 Å². The minimum atomic E-state index is -0.414. The zero-order valence-electron chi connectivity index (χ0n) is 10.2. The average Bonchev–Trinajstić information content (AvgIpc) is 2.27. The average molecular weight is 267 g/mol. The summed E-state index contributed by atoms with van der Waals surface area (Å²) in [4.78, 5) is 12.3. The molecule has 0 heterocycles. The van der Waals surface area contributed by atoms with E-state index in [2.05, 4.69) is 0 Å². The number of rotatable bonds is 2. The van der Waals surface area contributed by atoms with Gasteiger partial charge in [0.1, 0.15) is 5.82 Å². The lowest BCUT2D eigenvalue weighted by Gasteiger charge is -2.11. The molecule has 0 spiro atoms. The Morgan fingerprint density at radius 1 is 1.17 bits per heavy atom. The maximum absolute atomic E-state index is 13.0. The second-order valence-corrected chi connectivity index (χ2v) is 5.04. The van der Waals surface area contributed by atoms with Crippen LogP contribution in [0.15, 0.2) is 29.8 Å². The Balaban J connectivity index is 2.23. The molecule has 1 aromatic carbocycles. The van der Waals surface area contributed by atoms with E-state index >= 15 is 0 Å². The first-order chi connectivity index (χ1) is 8.68. The first kappa shape index (κ1) is 13.3. The smallest absolute Gasteiger partial charge is 0.190 e. The van der Waals surface area contributed by atoms with Crippen molar-refractivity contribution in [2.24, 2.45) is 0 Å². The molecule has 18 heavy (non-hydrogen) atoms. The molecule has 1 aliphatic carbocycles. The fourth-order valence-electron chi connectivity index (χ4n) is 2.24. The molecule has 96 valence electrons. The van der Waals surface area contributed by atoms with E-state index < -0.39 is 5.82 Å². The quantitative estimate of drug-likeness (QED) is 0.693. The SMILES string of the molecule is O=C(/C1=C/CCCCCC1)c1ccc(F)cc1Cl. The minimum absolute atomic E-state index is 0.0538. The molecule has 2 rings (SSSR count). The van der Waals surface area contributed by atoms with Crippen molar-refractivity contribution in [1.82, 2.24) is 0 Å². The Morgan fingerprint density at radius 2 is 1.94 bits per heavy atom. The van der Waals surface area contributed by atoms with Gasteiger partial charge in [0.15, 0.2) is 5.78 Å². The summed E-state index contributed by atoms with van der Waals surface area (Å²) >= 11 is 5.93. The lowest BCUT2D eigenvalue weighted by atomic mass is 9.94. The van der Waals surface area contributed by atoms with E-state index in [0.717, 1.165) is 31.3 Å². The molecule has 0 aromatic heterocycles. The monoisotopic (exact) mass is 266 g/mol. The number of hydrogen-bond donors (Lipinski definition) is 0. The van der Waals surface area contributed by atoms with E-state index in [1.165, 1.54) is 31.0 Å². The third kappa shape index (κ3) is 3.20. The highest BCUT2D eigenvalue weighted by molar-refractivity contribution is 6.34. The lowest BCUT2D eigenvalue weighted by molar-refractivity contribution is 0.102. The zero-order chi connectivity index (χ0) is 13.0. The number of allylic oxidation sites excluding steroid dienone is 2. The second-order valence-electron chi connectivity index (χ2n) is 4.64. The van der Waals surface area contributed by atoms with Gasteiger partial charge in [-0.2, -0.15) is 0 Å². The van der Waals surface area contributed by atoms with Crippen LogP contribution in [-0.4, -0.2) is 5.78 Å². The van der Waals surface area contributed by atoms with Gasteiger partial charge in [-0.15, -0.1) is 0 Å². The van der Waals surface area contributed by atoms with Crippen LogP contribution in [-0.2, 0) is 0 Å². The number of Topliss-reactive ketones (excluding diaryl/α,β-unsaturated/α-hetero) is 1. The Morgan fingerprint density at radius 3 is 2.72 bits per heavy atom. The second kappa shape index (κ2) is 6.14. The lowest BCUT2D eigenvalue weighted by Crippen LogP contribution is -2.06. The van der Waals surface area contributed by atoms with Gasteiger partial charge >= 0.3 is 0 Å². The van der Waals surface area contributed by atoms with Crippen molar-refractivity contribution in [3.05, 3.63) is 46.3 Å². The molecular weight excluding hydrogens is 251 g/mol. The number of carbonyl (C=O) groups excluding carboxylic acids is 1. The van der Waals surface area contributed by atoms with Crippen molar-refractivity contribution in [2.75, 3.05) is 0 Å². The van der Waals surface area contributed by atoms with Gasteiger partial charge in [-0.05, 0) is 49.5 Å². The number of ketones is 1. The van der Waals surface area contributed by atoms with Crippen molar-refractivity contribution in [3.63, 3.8) is 0 Å². The molecule has 1 aliphatic rings. The van der Waals surface area contributed by atoms with Crippen molar-refractivity contribution >= 4 is 17.4 Å². The molecular formula is C15H16ClFO. The summed E-state index contributed by atoms with van der Waals surface area (Å²) in [6.07, 6.45) is 8.33. The Bertz CT molecular complexity index is 479. The summed E-state index contributed by atoms with van der Waals surface area (Å²) in [5.41, 5.74) is 1.23. The minimum Gasteiger partial charge on any atom is -0.289 e. The van der Waals surface area contributed by atoms with Gasteiger partial charge in [0.25, 0.3) is 0 Å². The van der Waals surface area contributed by atoms with Crippen LogP contribution in [0.5, 0.6) is 0 Å². The van der Waals surface area contributed by atoms with Gasteiger partial charge in [-0.25, -0.2) is 4.39 Å². The molecule has 0 unspecified atom stereocenters. The summed E-state index contributed by atoms with van der Waals surface area (Å²) in [6, 6.07) is 3.94. The zero-order valence-corrected chi connectivity index (χ0v) is 11.0. The molecule has 0 radical (unpaired) electrons. The molecule has 0 aliphatic heterocycles. The molecule has 3 heteroatoms. The van der Waals surface area contributed by atoms with E-state index in [1.54, 1.807) is 0 Å². The van der Waals surface area contributed by atoms with Gasteiger partial charge in [0.2, 0.25) is 0 Å². The normalized spacial score (nSPS) is 19.6. The highest BCUT2D eigenvalue weighted by Crippen LogP contribution is 2.25. The first-order valence-corrected chi connectivity index (χ1v) is 6.75. The van der Waals surface area contributed by atoms with Crippen LogP contribution in [0.3, 0.4) is 0 Å². The van der Waals surface area contributed by atoms with Crippen LogP contribution in [0.1, 0.15) is 48.9 Å². The Kier molecular flexibility index (Phi) is 4.54. The summed E-state index contributed by atoms with van der Waals surface area (Å²) in [5, 5.41) is 0.197. The molecule has 0 N–H and O–H groups in total. The molecule has 1 nitrogen and oxygen atoms in total. The third-order valence-electron chi connectivity index (χ3n) is 3.26. The van der Waals surface area contributed by atoms with Crippen LogP contribution in [0.4, 0.5) is 4.39 Å². The summed E-state index contributed by atoms with van der Waals surface area (Å²) in [6.45, 7) is 0. The number of halogens is 2. The van der Waals surface area contributed by atoms with Crippen molar-refractivity contribution in [2.45, 2.75) is 38.5 Å². The van der Waals surface area contributed by atoms with Gasteiger partial charge in [-0.1, -0.05) is 30.5 Å². The predicted octanol–water partition coefficient (Wildman–Crippen LogP) is 4.94. The first-order valence-electron chi connectivity index (χ1n) is 6.37. The molecule has 0 fully saturated rings. The van der Waals surface area contributed by atoms with Crippen LogP contribution in [0.2, 0.25) is 5.02 Å². The van der Waals surface area contributed by atoms with Gasteiger partial charge in [-0.3, -0.25) is 4.79 Å². The van der Waals surface area contributed by atoms with Crippen molar-refractivity contribution in [1.29, 1.82) is 0 Å². The van der Waals surface area contributed by atoms with Gasteiger partial charge < -0.3 is 0 Å². The summed E-state index contributed by atoms with van der Waals surface area (Å²) in [5.74, 6) is -0.468. The van der Waals surface area contributed by atoms with Crippen LogP contribution < -0.4 is 0 Å².